The van der Waals surface area contributed by atoms with Crippen LogP contribution in [-0.2, 0) is 4.74 Å². The molecule has 1 saturated carbocycles. The summed E-state index contributed by atoms with van der Waals surface area (Å²) in [7, 11) is 0. The lowest BCUT2D eigenvalue weighted by atomic mass is 9.88. The summed E-state index contributed by atoms with van der Waals surface area (Å²) in [5.41, 5.74) is 7.08. The van der Waals surface area contributed by atoms with Gasteiger partial charge in [0.2, 0.25) is 0 Å². The molecule has 0 amide bonds. The number of hydrogen-bond acceptors (Lipinski definition) is 4. The Kier molecular flexibility index (Phi) is 3.72. The minimum atomic E-state index is -0.946. The highest BCUT2D eigenvalue weighted by Crippen LogP contribution is 2.29. The predicted octanol–water partition coefficient (Wildman–Crippen LogP) is 1.95. The number of rotatable bonds is 5. The first-order chi connectivity index (χ1) is 8.60. The van der Waals surface area contributed by atoms with E-state index in [0.29, 0.717) is 17.5 Å². The minimum Gasteiger partial charge on any atom is -0.478 e. The van der Waals surface area contributed by atoms with Crippen molar-refractivity contribution in [2.45, 2.75) is 31.9 Å². The zero-order chi connectivity index (χ0) is 13.1. The van der Waals surface area contributed by atoms with E-state index in [1.807, 2.05) is 6.92 Å². The van der Waals surface area contributed by atoms with Crippen molar-refractivity contribution in [2.24, 2.45) is 0 Å². The van der Waals surface area contributed by atoms with Crippen LogP contribution in [0.3, 0.4) is 0 Å². The molecule has 0 atom stereocenters. The van der Waals surface area contributed by atoms with E-state index in [2.05, 4.69) is 5.32 Å². The fourth-order valence-corrected chi connectivity index (χ4v) is 2.14. The maximum Gasteiger partial charge on any atom is 0.337 e. The van der Waals surface area contributed by atoms with Crippen LogP contribution in [0.15, 0.2) is 18.2 Å². The highest BCUT2D eigenvalue weighted by Gasteiger charge is 2.30. The number of carboxylic acid groups (broad SMARTS) is 1. The highest BCUT2D eigenvalue weighted by atomic mass is 16.5. The number of aromatic carboxylic acids is 1. The Bertz CT molecular complexity index is 442. The molecule has 1 aromatic rings. The third-order valence-corrected chi connectivity index (χ3v) is 3.13. The molecule has 5 nitrogen and oxygen atoms in total. The van der Waals surface area contributed by atoms with Gasteiger partial charge in [0.05, 0.1) is 17.4 Å². The normalized spacial score (nSPS) is 22.3. The van der Waals surface area contributed by atoms with E-state index in [1.165, 1.54) is 6.07 Å². The summed E-state index contributed by atoms with van der Waals surface area (Å²) in [5, 5.41) is 12.3. The van der Waals surface area contributed by atoms with E-state index >= 15 is 0 Å². The summed E-state index contributed by atoms with van der Waals surface area (Å²) >= 11 is 0. The summed E-state index contributed by atoms with van der Waals surface area (Å²) in [6.07, 6.45) is 2.10. The molecule has 0 unspecified atom stereocenters. The molecule has 0 saturated heterocycles. The van der Waals surface area contributed by atoms with Crippen LogP contribution < -0.4 is 11.1 Å². The number of carboxylic acids is 1. The van der Waals surface area contributed by atoms with Gasteiger partial charge in [0, 0.05) is 18.3 Å². The van der Waals surface area contributed by atoms with Gasteiger partial charge in [-0.3, -0.25) is 0 Å². The van der Waals surface area contributed by atoms with Crippen LogP contribution in [-0.4, -0.2) is 29.8 Å². The van der Waals surface area contributed by atoms with E-state index in [-0.39, 0.29) is 11.6 Å². The summed E-state index contributed by atoms with van der Waals surface area (Å²) in [4.78, 5) is 11.1. The van der Waals surface area contributed by atoms with Crippen molar-refractivity contribution in [1.29, 1.82) is 0 Å². The first-order valence-electron chi connectivity index (χ1n) is 6.11. The van der Waals surface area contributed by atoms with E-state index in [1.54, 1.807) is 12.1 Å². The van der Waals surface area contributed by atoms with Crippen LogP contribution in [0.2, 0.25) is 0 Å². The molecule has 2 rings (SSSR count). The largest absolute Gasteiger partial charge is 0.478 e. The van der Waals surface area contributed by atoms with Crippen LogP contribution in [0.1, 0.15) is 30.1 Å². The van der Waals surface area contributed by atoms with Gasteiger partial charge in [0.15, 0.2) is 0 Å². The van der Waals surface area contributed by atoms with Crippen LogP contribution in [0.25, 0.3) is 0 Å². The van der Waals surface area contributed by atoms with Crippen LogP contribution in [0, 0.1) is 0 Å². The van der Waals surface area contributed by atoms with Gasteiger partial charge in [0.25, 0.3) is 0 Å². The second-order valence-corrected chi connectivity index (χ2v) is 4.50. The van der Waals surface area contributed by atoms with Crippen molar-refractivity contribution in [2.75, 3.05) is 17.7 Å². The van der Waals surface area contributed by atoms with Gasteiger partial charge in [0.1, 0.15) is 0 Å². The number of hydrogen-bond donors (Lipinski definition) is 3. The molecule has 98 valence electrons. The molecular formula is C13H18N2O3. The molecular weight excluding hydrogens is 232 g/mol. The first-order valence-corrected chi connectivity index (χ1v) is 6.11. The Hall–Kier alpha value is -1.75. The molecule has 1 aromatic carbocycles. The lowest BCUT2D eigenvalue weighted by Gasteiger charge is -2.36. The van der Waals surface area contributed by atoms with Crippen molar-refractivity contribution in [3.63, 3.8) is 0 Å². The number of nitrogens with two attached hydrogens (primary N) is 1. The van der Waals surface area contributed by atoms with Gasteiger partial charge in [-0.15, -0.1) is 0 Å². The summed E-state index contributed by atoms with van der Waals surface area (Å²) < 4.78 is 5.47. The van der Waals surface area contributed by atoms with Gasteiger partial charge < -0.3 is 20.9 Å². The maximum atomic E-state index is 11.1. The molecule has 1 fully saturated rings. The van der Waals surface area contributed by atoms with Gasteiger partial charge >= 0.3 is 5.97 Å². The average molecular weight is 250 g/mol. The van der Waals surface area contributed by atoms with E-state index < -0.39 is 5.97 Å². The van der Waals surface area contributed by atoms with Crippen LogP contribution >= 0.6 is 0 Å². The van der Waals surface area contributed by atoms with Gasteiger partial charge in [-0.25, -0.2) is 4.79 Å². The summed E-state index contributed by atoms with van der Waals surface area (Å²) in [6, 6.07) is 5.05. The topological polar surface area (TPSA) is 84.6 Å². The third-order valence-electron chi connectivity index (χ3n) is 3.13. The number of anilines is 2. The monoisotopic (exact) mass is 250 g/mol. The molecule has 0 aliphatic heterocycles. The zero-order valence-corrected chi connectivity index (χ0v) is 10.3. The minimum absolute atomic E-state index is 0.254. The standard InChI is InChI=1S/C13H18N2O3/c1-2-18-10-6-9(7-10)15-12-5-8(14)3-4-11(12)13(16)17/h3-5,9-10,15H,2,6-7,14H2,1H3,(H,16,17). The number of benzene rings is 1. The number of carbonyl (C=O) groups is 1. The van der Waals surface area contributed by atoms with Crippen molar-refractivity contribution in [1.82, 2.24) is 0 Å². The van der Waals surface area contributed by atoms with E-state index in [9.17, 15) is 4.79 Å². The maximum absolute atomic E-state index is 11.1. The SMILES string of the molecule is CCOC1CC(Nc2cc(N)ccc2C(=O)O)C1. The number of ether oxygens (including phenoxy) is 1. The predicted molar refractivity (Wildman–Crippen MR) is 69.9 cm³/mol. The van der Waals surface area contributed by atoms with Crippen molar-refractivity contribution in [3.8, 4) is 0 Å². The average Bonchev–Trinajstić information content (AvgIpc) is 2.26. The molecule has 4 N–H and O–H groups in total. The fourth-order valence-electron chi connectivity index (χ4n) is 2.14. The first kappa shape index (κ1) is 12.7. The second kappa shape index (κ2) is 5.27. The summed E-state index contributed by atoms with van der Waals surface area (Å²) in [5.74, 6) is -0.946. The van der Waals surface area contributed by atoms with Crippen molar-refractivity contribution >= 4 is 17.3 Å². The Labute approximate surface area is 106 Å². The zero-order valence-electron chi connectivity index (χ0n) is 10.3. The lowest BCUT2D eigenvalue weighted by Crippen LogP contribution is -2.41. The molecule has 0 bridgehead atoms. The van der Waals surface area contributed by atoms with Crippen molar-refractivity contribution in [3.05, 3.63) is 23.8 Å². The Morgan fingerprint density at radius 3 is 2.89 bits per heavy atom. The quantitative estimate of drug-likeness (QED) is 0.695. The molecule has 0 aromatic heterocycles. The molecule has 0 radical (unpaired) electrons. The molecule has 0 heterocycles. The van der Waals surface area contributed by atoms with Gasteiger partial charge in [-0.05, 0) is 38.0 Å². The van der Waals surface area contributed by atoms with Gasteiger partial charge in [-0.2, -0.15) is 0 Å². The lowest BCUT2D eigenvalue weighted by molar-refractivity contribution is 0.00298. The Morgan fingerprint density at radius 2 is 2.28 bits per heavy atom. The third kappa shape index (κ3) is 2.73. The molecule has 1 aliphatic carbocycles. The number of nitrogens with one attached hydrogen (secondary N) is 1. The highest BCUT2D eigenvalue weighted by molar-refractivity contribution is 5.95. The van der Waals surface area contributed by atoms with Crippen LogP contribution in [0.5, 0.6) is 0 Å². The van der Waals surface area contributed by atoms with E-state index in [0.717, 1.165) is 19.4 Å². The van der Waals surface area contributed by atoms with Crippen molar-refractivity contribution < 1.29 is 14.6 Å². The molecule has 5 heteroatoms. The van der Waals surface area contributed by atoms with E-state index in [4.69, 9.17) is 15.6 Å². The van der Waals surface area contributed by atoms with Crippen LogP contribution in [0.4, 0.5) is 11.4 Å². The smallest absolute Gasteiger partial charge is 0.337 e. The molecule has 18 heavy (non-hydrogen) atoms. The molecule has 0 spiro atoms. The Morgan fingerprint density at radius 1 is 1.56 bits per heavy atom. The fraction of sp³-hybridized carbons (Fsp3) is 0.462. The Balaban J connectivity index is 2.01. The molecule has 1 aliphatic rings. The number of nitrogen functional groups attached to an aromatic ring is 1. The second-order valence-electron chi connectivity index (χ2n) is 4.50. The van der Waals surface area contributed by atoms with Gasteiger partial charge in [-0.1, -0.05) is 0 Å². The summed E-state index contributed by atoms with van der Waals surface area (Å²) in [6.45, 7) is 2.69.